The molecule has 0 radical (unpaired) electrons. The molecule has 8 heteroatoms. The van der Waals surface area contributed by atoms with Crippen molar-refractivity contribution in [1.82, 2.24) is 4.98 Å². The summed E-state index contributed by atoms with van der Waals surface area (Å²) in [7, 11) is -2.06. The van der Waals surface area contributed by atoms with E-state index in [-0.39, 0.29) is 6.61 Å². The van der Waals surface area contributed by atoms with Crippen molar-refractivity contribution in [2.75, 3.05) is 19.1 Å². The summed E-state index contributed by atoms with van der Waals surface area (Å²) in [6, 6.07) is 13.1. The van der Waals surface area contributed by atoms with E-state index in [1.807, 2.05) is 36.4 Å². The fourth-order valence-corrected chi connectivity index (χ4v) is 3.50. The number of anilines is 1. The normalized spacial score (nSPS) is 11.9. The highest BCUT2D eigenvalue weighted by molar-refractivity contribution is 7.85. The van der Waals surface area contributed by atoms with Crippen LogP contribution in [0.4, 0.5) is 5.82 Å². The molecule has 7 nitrogen and oxygen atoms in total. The summed E-state index contributed by atoms with van der Waals surface area (Å²) < 4.78 is 39.1. The monoisotopic (exact) mass is 398 g/mol. The lowest BCUT2D eigenvalue weighted by atomic mass is 10.0. The van der Waals surface area contributed by atoms with Crippen molar-refractivity contribution in [1.29, 1.82) is 0 Å². The first kappa shape index (κ1) is 18.3. The molecule has 2 heterocycles. The van der Waals surface area contributed by atoms with Crippen LogP contribution in [0.5, 0.6) is 5.75 Å². The van der Waals surface area contributed by atoms with Crippen LogP contribution in [0.2, 0.25) is 0 Å². The van der Waals surface area contributed by atoms with Crippen LogP contribution in [0.15, 0.2) is 53.1 Å². The molecule has 0 bridgehead atoms. The second kappa shape index (κ2) is 6.81. The van der Waals surface area contributed by atoms with Crippen molar-refractivity contribution in [2.24, 2.45) is 0 Å². The fourth-order valence-electron chi connectivity index (χ4n) is 3.15. The van der Waals surface area contributed by atoms with Crippen molar-refractivity contribution in [3.8, 4) is 17.1 Å². The van der Waals surface area contributed by atoms with Crippen LogP contribution in [-0.2, 0) is 20.9 Å². The topological polar surface area (TPSA) is 105 Å². The molecule has 28 heavy (non-hydrogen) atoms. The molecule has 0 atom stereocenters. The van der Waals surface area contributed by atoms with Gasteiger partial charge in [0.1, 0.15) is 22.9 Å². The van der Waals surface area contributed by atoms with Gasteiger partial charge in [-0.2, -0.15) is 8.42 Å². The SMILES string of the molecule is COc1cc(COS(C)(=O)=O)cc2c(-c3cc4ccccc4o3)cnc(N)c12. The summed E-state index contributed by atoms with van der Waals surface area (Å²) in [5.41, 5.74) is 8.20. The van der Waals surface area contributed by atoms with Crippen molar-refractivity contribution < 1.29 is 21.8 Å². The number of hydrogen-bond donors (Lipinski definition) is 1. The zero-order valence-corrected chi connectivity index (χ0v) is 16.1. The van der Waals surface area contributed by atoms with Crippen LogP contribution >= 0.6 is 0 Å². The second-order valence-corrected chi connectivity index (χ2v) is 8.04. The summed E-state index contributed by atoms with van der Waals surface area (Å²) in [5.74, 6) is 1.41. The molecule has 144 valence electrons. The summed E-state index contributed by atoms with van der Waals surface area (Å²) in [6.07, 6.45) is 2.64. The van der Waals surface area contributed by atoms with E-state index in [1.165, 1.54) is 7.11 Å². The second-order valence-electron chi connectivity index (χ2n) is 6.39. The molecular formula is C20H18N2O5S. The molecule has 0 saturated carbocycles. The molecule has 0 unspecified atom stereocenters. The molecule has 4 rings (SSSR count). The number of para-hydroxylation sites is 1. The predicted molar refractivity (Wildman–Crippen MR) is 108 cm³/mol. The first-order valence-electron chi connectivity index (χ1n) is 8.44. The molecular weight excluding hydrogens is 380 g/mol. The van der Waals surface area contributed by atoms with Crippen molar-refractivity contribution in [3.05, 3.63) is 54.2 Å². The Balaban J connectivity index is 1.94. The predicted octanol–water partition coefficient (Wildman–Crippen LogP) is 3.72. The average Bonchev–Trinajstić information content (AvgIpc) is 3.09. The van der Waals surface area contributed by atoms with Crippen molar-refractivity contribution >= 4 is 37.7 Å². The van der Waals surface area contributed by atoms with Gasteiger partial charge in [0.2, 0.25) is 0 Å². The number of ether oxygens (including phenoxy) is 1. The third kappa shape index (κ3) is 3.39. The Morgan fingerprint density at radius 1 is 1.18 bits per heavy atom. The first-order chi connectivity index (χ1) is 13.4. The zero-order chi connectivity index (χ0) is 19.9. The van der Waals surface area contributed by atoms with Crippen molar-refractivity contribution in [2.45, 2.75) is 6.61 Å². The number of nitrogens with two attached hydrogens (primary N) is 1. The van der Waals surface area contributed by atoms with Gasteiger partial charge >= 0.3 is 0 Å². The van der Waals surface area contributed by atoms with Gasteiger partial charge in [-0.1, -0.05) is 18.2 Å². The van der Waals surface area contributed by atoms with E-state index < -0.39 is 10.1 Å². The standard InChI is InChI=1S/C20H18N2O5S/c1-25-18-8-12(11-26-28(2,23)24)7-14-15(10-22-20(21)19(14)18)17-9-13-5-3-4-6-16(13)27-17/h3-10H,11H2,1-2H3,(H2,21,22). The highest BCUT2D eigenvalue weighted by Gasteiger charge is 2.17. The molecule has 0 aliphatic heterocycles. The molecule has 4 aromatic rings. The maximum atomic E-state index is 11.4. The Hall–Kier alpha value is -3.10. The van der Waals surface area contributed by atoms with E-state index in [9.17, 15) is 8.42 Å². The van der Waals surface area contributed by atoms with Crippen LogP contribution in [0, 0.1) is 0 Å². The molecule has 0 fully saturated rings. The lowest BCUT2D eigenvalue weighted by molar-refractivity contribution is 0.311. The number of hydrogen-bond acceptors (Lipinski definition) is 7. The average molecular weight is 398 g/mol. The van der Waals surface area contributed by atoms with Crippen LogP contribution in [0.3, 0.4) is 0 Å². The van der Waals surface area contributed by atoms with Gasteiger partial charge in [-0.25, -0.2) is 4.98 Å². The lowest BCUT2D eigenvalue weighted by Gasteiger charge is -2.13. The molecule has 0 aliphatic carbocycles. The minimum atomic E-state index is -3.58. The highest BCUT2D eigenvalue weighted by Crippen LogP contribution is 2.39. The molecule has 0 saturated heterocycles. The van der Waals surface area contributed by atoms with E-state index in [0.29, 0.717) is 28.3 Å². The number of aromatic nitrogens is 1. The van der Waals surface area contributed by atoms with Gasteiger partial charge in [0.05, 0.1) is 25.4 Å². The van der Waals surface area contributed by atoms with Gasteiger partial charge in [0.15, 0.2) is 0 Å². The Labute approximate surface area is 161 Å². The first-order valence-corrected chi connectivity index (χ1v) is 10.3. The van der Waals surface area contributed by atoms with Gasteiger partial charge < -0.3 is 14.9 Å². The Kier molecular flexibility index (Phi) is 4.44. The molecule has 2 aromatic carbocycles. The molecule has 0 aliphatic rings. The number of nitrogen functional groups attached to an aromatic ring is 1. The molecule has 0 amide bonds. The third-order valence-corrected chi connectivity index (χ3v) is 4.94. The molecule has 2 N–H and O–H groups in total. The van der Waals surface area contributed by atoms with Crippen LogP contribution in [0.25, 0.3) is 33.1 Å². The lowest BCUT2D eigenvalue weighted by Crippen LogP contribution is -2.03. The van der Waals surface area contributed by atoms with Gasteiger partial charge in [-0.05, 0) is 29.8 Å². The van der Waals surface area contributed by atoms with Gasteiger partial charge in [0, 0.05) is 22.5 Å². The smallest absolute Gasteiger partial charge is 0.264 e. The Morgan fingerprint density at radius 2 is 1.96 bits per heavy atom. The maximum Gasteiger partial charge on any atom is 0.264 e. The van der Waals surface area contributed by atoms with Crippen molar-refractivity contribution in [3.63, 3.8) is 0 Å². The Bertz CT molecular complexity index is 1260. The number of nitrogens with zero attached hydrogens (tertiary/aromatic N) is 1. The maximum absolute atomic E-state index is 11.4. The summed E-state index contributed by atoms with van der Waals surface area (Å²) in [6.45, 7) is -0.118. The van der Waals surface area contributed by atoms with E-state index >= 15 is 0 Å². The van der Waals surface area contributed by atoms with E-state index in [4.69, 9.17) is 19.1 Å². The van der Waals surface area contributed by atoms with Gasteiger partial charge in [0.25, 0.3) is 10.1 Å². The van der Waals surface area contributed by atoms with Gasteiger partial charge in [-0.15, -0.1) is 0 Å². The number of pyridine rings is 1. The number of fused-ring (bicyclic) bond motifs is 2. The number of benzene rings is 2. The molecule has 2 aromatic heterocycles. The number of methoxy groups -OCH3 is 1. The van der Waals surface area contributed by atoms with Crippen LogP contribution < -0.4 is 10.5 Å². The Morgan fingerprint density at radius 3 is 2.68 bits per heavy atom. The van der Waals surface area contributed by atoms with E-state index in [2.05, 4.69) is 4.98 Å². The summed E-state index contributed by atoms with van der Waals surface area (Å²) in [5, 5.41) is 2.33. The van der Waals surface area contributed by atoms with E-state index in [0.717, 1.165) is 28.2 Å². The highest BCUT2D eigenvalue weighted by atomic mass is 32.2. The minimum Gasteiger partial charge on any atom is -0.496 e. The number of furan rings is 1. The fraction of sp³-hybridized carbons (Fsp3) is 0.150. The summed E-state index contributed by atoms with van der Waals surface area (Å²) >= 11 is 0. The largest absolute Gasteiger partial charge is 0.496 e. The van der Waals surface area contributed by atoms with Crippen LogP contribution in [0.1, 0.15) is 5.56 Å². The minimum absolute atomic E-state index is 0.118. The van der Waals surface area contributed by atoms with E-state index in [1.54, 1.807) is 12.3 Å². The summed E-state index contributed by atoms with van der Waals surface area (Å²) in [4.78, 5) is 4.29. The zero-order valence-electron chi connectivity index (χ0n) is 15.3. The van der Waals surface area contributed by atoms with Crippen LogP contribution in [-0.4, -0.2) is 26.8 Å². The third-order valence-electron chi connectivity index (χ3n) is 4.39. The quantitative estimate of drug-likeness (QED) is 0.511. The molecule has 0 spiro atoms. The van der Waals surface area contributed by atoms with Gasteiger partial charge in [-0.3, -0.25) is 4.18 Å². The number of rotatable bonds is 5.